The van der Waals surface area contributed by atoms with Crippen molar-refractivity contribution in [2.75, 3.05) is 11.4 Å². The highest BCUT2D eigenvalue weighted by Gasteiger charge is 2.33. The second-order valence-corrected chi connectivity index (χ2v) is 6.23. The molecule has 1 N–H and O–H groups in total. The minimum absolute atomic E-state index is 0.0273. The second kappa shape index (κ2) is 6.46. The van der Waals surface area contributed by atoms with Crippen molar-refractivity contribution in [1.82, 2.24) is 5.32 Å². The Kier molecular flexibility index (Phi) is 4.41. The number of halogens is 1. The van der Waals surface area contributed by atoms with Gasteiger partial charge in [-0.1, -0.05) is 19.3 Å². The van der Waals surface area contributed by atoms with E-state index in [0.29, 0.717) is 18.7 Å². The zero-order valence-corrected chi connectivity index (χ0v) is 12.6. The molecule has 0 spiro atoms. The normalized spacial score (nSPS) is 22.9. The lowest BCUT2D eigenvalue weighted by Gasteiger charge is -2.23. The first-order chi connectivity index (χ1) is 10.6. The molecule has 0 bridgehead atoms. The van der Waals surface area contributed by atoms with E-state index in [1.165, 1.54) is 18.6 Å². The van der Waals surface area contributed by atoms with E-state index in [4.69, 9.17) is 0 Å². The third kappa shape index (κ3) is 3.29. The van der Waals surface area contributed by atoms with Gasteiger partial charge in [-0.15, -0.1) is 0 Å². The van der Waals surface area contributed by atoms with Gasteiger partial charge in [0.2, 0.25) is 11.8 Å². The Bertz CT molecular complexity index is 552. The van der Waals surface area contributed by atoms with Crippen LogP contribution in [0.2, 0.25) is 0 Å². The van der Waals surface area contributed by atoms with Crippen molar-refractivity contribution in [3.05, 3.63) is 30.1 Å². The number of anilines is 1. The minimum Gasteiger partial charge on any atom is -0.351 e. The number of amides is 2. The molecular weight excluding hydrogens is 283 g/mol. The van der Waals surface area contributed by atoms with Crippen molar-refractivity contribution >= 4 is 17.5 Å². The summed E-state index contributed by atoms with van der Waals surface area (Å²) in [7, 11) is 0. The van der Waals surface area contributed by atoms with Crippen LogP contribution in [0.15, 0.2) is 24.3 Å². The van der Waals surface area contributed by atoms with Crippen LogP contribution < -0.4 is 10.2 Å². The van der Waals surface area contributed by atoms with Crippen LogP contribution in [0.4, 0.5) is 10.1 Å². The molecule has 5 heteroatoms. The minimum atomic E-state index is -0.322. The summed E-state index contributed by atoms with van der Waals surface area (Å²) in [5.74, 6) is -0.166. The lowest BCUT2D eigenvalue weighted by Crippen LogP contribution is -2.41. The third-order valence-electron chi connectivity index (χ3n) is 4.59. The number of hydrogen-bond donors (Lipinski definition) is 1. The van der Waals surface area contributed by atoms with Crippen LogP contribution in [-0.4, -0.2) is 24.4 Å². The molecule has 1 aliphatic heterocycles. The highest BCUT2D eigenvalue weighted by atomic mass is 19.1. The Morgan fingerprint density at radius 2 is 1.82 bits per heavy atom. The van der Waals surface area contributed by atoms with E-state index in [1.807, 2.05) is 0 Å². The highest BCUT2D eigenvalue weighted by molar-refractivity contribution is 5.96. The van der Waals surface area contributed by atoms with Gasteiger partial charge in [-0.2, -0.15) is 0 Å². The maximum atomic E-state index is 13.0. The van der Waals surface area contributed by atoms with Gasteiger partial charge in [0.1, 0.15) is 5.82 Å². The van der Waals surface area contributed by atoms with Gasteiger partial charge in [0.15, 0.2) is 0 Å². The highest BCUT2D eigenvalue weighted by Crippen LogP contribution is 2.25. The van der Waals surface area contributed by atoms with Crippen LogP contribution in [0.1, 0.15) is 38.5 Å². The van der Waals surface area contributed by atoms with Gasteiger partial charge in [-0.3, -0.25) is 9.59 Å². The van der Waals surface area contributed by atoms with Gasteiger partial charge in [-0.25, -0.2) is 4.39 Å². The van der Waals surface area contributed by atoms with Crippen LogP contribution in [0, 0.1) is 11.7 Å². The Morgan fingerprint density at radius 1 is 1.14 bits per heavy atom. The maximum absolute atomic E-state index is 13.0. The fraction of sp³-hybridized carbons (Fsp3) is 0.529. The number of carbonyl (C=O) groups is 2. The molecule has 1 atom stereocenters. The fourth-order valence-electron chi connectivity index (χ4n) is 3.36. The molecular formula is C17H21FN2O2. The largest absolute Gasteiger partial charge is 0.351 e. The Morgan fingerprint density at radius 3 is 2.50 bits per heavy atom. The summed E-state index contributed by atoms with van der Waals surface area (Å²) in [4.78, 5) is 26.0. The molecule has 1 aromatic carbocycles. The second-order valence-electron chi connectivity index (χ2n) is 6.23. The molecule has 1 aliphatic carbocycles. The number of nitrogens with one attached hydrogen (secondary N) is 1. The van der Waals surface area contributed by atoms with Gasteiger partial charge < -0.3 is 10.2 Å². The molecule has 1 saturated carbocycles. The van der Waals surface area contributed by atoms with Gasteiger partial charge in [0.05, 0.1) is 6.04 Å². The number of carbonyl (C=O) groups excluding carboxylic acids is 2. The van der Waals surface area contributed by atoms with Crippen molar-refractivity contribution in [3.63, 3.8) is 0 Å². The fourth-order valence-corrected chi connectivity index (χ4v) is 3.36. The molecule has 0 radical (unpaired) electrons. The van der Waals surface area contributed by atoms with Crippen molar-refractivity contribution < 1.29 is 14.0 Å². The Balaban J connectivity index is 1.59. The van der Waals surface area contributed by atoms with Crippen LogP contribution in [0.3, 0.4) is 0 Å². The van der Waals surface area contributed by atoms with Gasteiger partial charge >= 0.3 is 0 Å². The van der Waals surface area contributed by atoms with E-state index < -0.39 is 0 Å². The monoisotopic (exact) mass is 304 g/mol. The molecule has 1 heterocycles. The summed E-state index contributed by atoms with van der Waals surface area (Å²) in [6.07, 6.45) is 5.66. The quantitative estimate of drug-likeness (QED) is 0.933. The first-order valence-corrected chi connectivity index (χ1v) is 8.00. The summed E-state index contributed by atoms with van der Waals surface area (Å²) in [6, 6.07) is 5.73. The number of rotatable bonds is 3. The van der Waals surface area contributed by atoms with Crippen LogP contribution in [0.5, 0.6) is 0 Å². The molecule has 2 fully saturated rings. The molecule has 118 valence electrons. The SMILES string of the molecule is O=C(N[C@@H]1CC(=O)N(c2ccc(F)cc2)C1)C1CCCCC1. The van der Waals surface area contributed by atoms with E-state index in [1.54, 1.807) is 17.0 Å². The van der Waals surface area contributed by atoms with E-state index in [0.717, 1.165) is 25.7 Å². The third-order valence-corrected chi connectivity index (χ3v) is 4.59. The molecule has 0 unspecified atom stereocenters. The average Bonchev–Trinajstić information content (AvgIpc) is 2.89. The summed E-state index contributed by atoms with van der Waals surface area (Å²) in [5, 5.41) is 3.01. The summed E-state index contributed by atoms with van der Waals surface area (Å²) >= 11 is 0. The van der Waals surface area contributed by atoms with E-state index in [-0.39, 0.29) is 29.6 Å². The number of hydrogen-bond acceptors (Lipinski definition) is 2. The molecule has 2 aliphatic rings. The molecule has 2 amide bonds. The molecule has 1 saturated heterocycles. The lowest BCUT2D eigenvalue weighted by molar-refractivity contribution is -0.126. The number of nitrogens with zero attached hydrogens (tertiary/aromatic N) is 1. The molecule has 22 heavy (non-hydrogen) atoms. The lowest BCUT2D eigenvalue weighted by atomic mass is 9.88. The Hall–Kier alpha value is -1.91. The predicted octanol–water partition coefficient (Wildman–Crippen LogP) is 2.63. The van der Waals surface area contributed by atoms with Gasteiger partial charge in [-0.05, 0) is 37.1 Å². The van der Waals surface area contributed by atoms with Crippen LogP contribution in [-0.2, 0) is 9.59 Å². The molecule has 1 aromatic rings. The zero-order chi connectivity index (χ0) is 15.5. The summed E-state index contributed by atoms with van der Waals surface area (Å²) in [5.41, 5.74) is 0.681. The Labute approximate surface area is 129 Å². The molecule has 4 nitrogen and oxygen atoms in total. The van der Waals surface area contributed by atoms with Crippen LogP contribution in [0.25, 0.3) is 0 Å². The van der Waals surface area contributed by atoms with E-state index >= 15 is 0 Å². The first-order valence-electron chi connectivity index (χ1n) is 8.00. The van der Waals surface area contributed by atoms with Crippen molar-refractivity contribution in [2.45, 2.75) is 44.6 Å². The maximum Gasteiger partial charge on any atom is 0.229 e. The smallest absolute Gasteiger partial charge is 0.229 e. The summed E-state index contributed by atoms with van der Waals surface area (Å²) in [6.45, 7) is 0.461. The van der Waals surface area contributed by atoms with E-state index in [2.05, 4.69) is 5.32 Å². The summed E-state index contributed by atoms with van der Waals surface area (Å²) < 4.78 is 13.0. The molecule has 3 rings (SSSR count). The van der Waals surface area contributed by atoms with Crippen molar-refractivity contribution in [1.29, 1.82) is 0 Å². The standard InChI is InChI=1S/C17H21FN2O2/c18-13-6-8-15(9-7-13)20-11-14(10-16(20)21)19-17(22)12-4-2-1-3-5-12/h6-9,12,14H,1-5,10-11H2,(H,19,22)/t14-/m1/s1. The topological polar surface area (TPSA) is 49.4 Å². The zero-order valence-electron chi connectivity index (χ0n) is 12.6. The van der Waals surface area contributed by atoms with Gasteiger partial charge in [0.25, 0.3) is 0 Å². The molecule has 0 aromatic heterocycles. The van der Waals surface area contributed by atoms with Crippen molar-refractivity contribution in [3.8, 4) is 0 Å². The average molecular weight is 304 g/mol. The number of benzene rings is 1. The van der Waals surface area contributed by atoms with Crippen LogP contribution >= 0.6 is 0 Å². The van der Waals surface area contributed by atoms with Crippen molar-refractivity contribution in [2.24, 2.45) is 5.92 Å². The van der Waals surface area contributed by atoms with Gasteiger partial charge in [0, 0.05) is 24.6 Å². The first kappa shape index (κ1) is 15.0. The predicted molar refractivity (Wildman–Crippen MR) is 81.9 cm³/mol. The van der Waals surface area contributed by atoms with E-state index in [9.17, 15) is 14.0 Å².